The van der Waals surface area contributed by atoms with Crippen molar-refractivity contribution in [2.75, 3.05) is 39.3 Å². The molecule has 0 bridgehead atoms. The second kappa shape index (κ2) is 8.38. The Labute approximate surface area is 172 Å². The van der Waals surface area contributed by atoms with E-state index in [-0.39, 0.29) is 11.0 Å². The van der Waals surface area contributed by atoms with Gasteiger partial charge in [0.2, 0.25) is 0 Å². The summed E-state index contributed by atoms with van der Waals surface area (Å²) in [5, 5.41) is 4.58. The molecule has 1 fully saturated rings. The maximum atomic E-state index is 12.2. The van der Waals surface area contributed by atoms with Gasteiger partial charge in [-0.25, -0.2) is 9.67 Å². The van der Waals surface area contributed by atoms with Crippen LogP contribution in [-0.2, 0) is 36.4 Å². The average Bonchev–Trinajstić information content (AvgIpc) is 3.10. The molecule has 0 spiro atoms. The second-order valence-corrected chi connectivity index (χ2v) is 9.02. The minimum absolute atomic E-state index is 0.0221. The zero-order valence-corrected chi connectivity index (χ0v) is 17.8. The number of fused-ring (bicyclic) bond motifs is 1. The summed E-state index contributed by atoms with van der Waals surface area (Å²) in [4.78, 5) is 21.6. The lowest BCUT2D eigenvalue weighted by atomic mass is 9.92. The van der Waals surface area contributed by atoms with E-state index < -0.39 is 0 Å². The van der Waals surface area contributed by atoms with E-state index in [1.54, 1.807) is 10.7 Å². The Hall–Kier alpha value is -2.03. The van der Waals surface area contributed by atoms with Crippen LogP contribution in [0.4, 0.5) is 0 Å². The van der Waals surface area contributed by atoms with Gasteiger partial charge in [-0.3, -0.25) is 14.6 Å². The van der Waals surface area contributed by atoms with Gasteiger partial charge in [0, 0.05) is 63.5 Å². The highest BCUT2D eigenvalue weighted by molar-refractivity contribution is 5.10. The van der Waals surface area contributed by atoms with E-state index in [1.165, 1.54) is 5.69 Å². The van der Waals surface area contributed by atoms with Gasteiger partial charge in [0.15, 0.2) is 0 Å². The molecule has 2 aromatic heterocycles. The van der Waals surface area contributed by atoms with Crippen LogP contribution >= 0.6 is 0 Å². The third-order valence-electron chi connectivity index (χ3n) is 5.82. The van der Waals surface area contributed by atoms with Crippen molar-refractivity contribution >= 4 is 0 Å². The smallest absolute Gasteiger partial charge is 0.266 e. The van der Waals surface area contributed by atoms with Crippen LogP contribution in [0.2, 0.25) is 0 Å². The highest BCUT2D eigenvalue weighted by atomic mass is 16.5. The van der Waals surface area contributed by atoms with Crippen LogP contribution in [0, 0.1) is 0 Å². The minimum Gasteiger partial charge on any atom is -0.372 e. The number of aromatic nitrogens is 4. The molecule has 4 rings (SSSR count). The Kier molecular flexibility index (Phi) is 5.85. The number of nitrogens with zero attached hydrogens (tertiary/aromatic N) is 6. The van der Waals surface area contributed by atoms with Crippen molar-refractivity contribution in [1.29, 1.82) is 0 Å². The lowest BCUT2D eigenvalue weighted by Crippen LogP contribution is -2.47. The lowest BCUT2D eigenvalue weighted by Gasteiger charge is -2.34. The molecule has 8 heteroatoms. The van der Waals surface area contributed by atoms with E-state index in [2.05, 4.69) is 45.2 Å². The maximum absolute atomic E-state index is 12.2. The maximum Gasteiger partial charge on any atom is 0.266 e. The summed E-state index contributed by atoms with van der Waals surface area (Å²) >= 11 is 0. The van der Waals surface area contributed by atoms with E-state index >= 15 is 0 Å². The predicted octanol–water partition coefficient (Wildman–Crippen LogP) is 1.09. The fourth-order valence-corrected chi connectivity index (χ4v) is 3.93. The molecule has 1 saturated heterocycles. The van der Waals surface area contributed by atoms with E-state index in [0.29, 0.717) is 13.2 Å². The molecule has 0 atom stereocenters. The number of imidazole rings is 1. The first-order chi connectivity index (χ1) is 13.9. The van der Waals surface area contributed by atoms with Gasteiger partial charge in [-0.15, -0.1) is 0 Å². The van der Waals surface area contributed by atoms with Gasteiger partial charge in [-0.2, -0.15) is 5.10 Å². The molecule has 0 unspecified atom stereocenters. The van der Waals surface area contributed by atoms with Crippen molar-refractivity contribution in [3.8, 4) is 0 Å². The fraction of sp³-hybridized carbons (Fsp3) is 0.667. The summed E-state index contributed by atoms with van der Waals surface area (Å²) in [5.41, 5.74) is 2.16. The third-order valence-corrected chi connectivity index (χ3v) is 5.82. The van der Waals surface area contributed by atoms with Crippen LogP contribution < -0.4 is 5.56 Å². The summed E-state index contributed by atoms with van der Waals surface area (Å²) in [6.07, 6.45) is 2.00. The fourth-order valence-electron chi connectivity index (χ4n) is 3.93. The number of ether oxygens (including phenoxy) is 1. The monoisotopic (exact) mass is 400 g/mol. The van der Waals surface area contributed by atoms with Gasteiger partial charge in [0.25, 0.3) is 5.56 Å². The summed E-state index contributed by atoms with van der Waals surface area (Å²) in [5.74, 6) is 1.04. The first-order valence-electron chi connectivity index (χ1n) is 10.5. The summed E-state index contributed by atoms with van der Waals surface area (Å²) in [6, 6.07) is 3.49. The van der Waals surface area contributed by atoms with Gasteiger partial charge in [-0.1, -0.05) is 20.8 Å². The van der Waals surface area contributed by atoms with Crippen molar-refractivity contribution in [2.45, 2.75) is 52.4 Å². The lowest BCUT2D eigenvalue weighted by molar-refractivity contribution is 0.0778. The van der Waals surface area contributed by atoms with Crippen molar-refractivity contribution in [3.05, 3.63) is 45.9 Å². The molecule has 2 aliphatic rings. The Morgan fingerprint density at radius 2 is 1.79 bits per heavy atom. The van der Waals surface area contributed by atoms with Crippen LogP contribution in [-0.4, -0.2) is 68.5 Å². The molecule has 0 N–H and O–H groups in total. The number of hydrogen-bond acceptors (Lipinski definition) is 6. The quantitative estimate of drug-likeness (QED) is 0.748. The van der Waals surface area contributed by atoms with Crippen LogP contribution in [0.5, 0.6) is 0 Å². The van der Waals surface area contributed by atoms with Crippen molar-refractivity contribution < 1.29 is 4.74 Å². The van der Waals surface area contributed by atoms with Crippen molar-refractivity contribution in [3.63, 3.8) is 0 Å². The summed E-state index contributed by atoms with van der Waals surface area (Å²) in [6.45, 7) is 15.2. The van der Waals surface area contributed by atoms with Crippen LogP contribution in [0.1, 0.15) is 38.0 Å². The van der Waals surface area contributed by atoms with Crippen molar-refractivity contribution in [2.24, 2.45) is 0 Å². The molecule has 0 aromatic carbocycles. The first-order valence-corrected chi connectivity index (χ1v) is 10.5. The zero-order chi connectivity index (χ0) is 20.4. The van der Waals surface area contributed by atoms with Gasteiger partial charge >= 0.3 is 0 Å². The molecule has 0 radical (unpaired) electrons. The molecule has 8 nitrogen and oxygen atoms in total. The molecule has 158 valence electrons. The molecule has 0 saturated carbocycles. The Morgan fingerprint density at radius 1 is 1.03 bits per heavy atom. The molecule has 29 heavy (non-hydrogen) atoms. The van der Waals surface area contributed by atoms with Crippen LogP contribution in [0.3, 0.4) is 0 Å². The van der Waals surface area contributed by atoms with E-state index in [0.717, 1.165) is 63.9 Å². The predicted molar refractivity (Wildman–Crippen MR) is 111 cm³/mol. The molecular formula is C21H32N6O2. The van der Waals surface area contributed by atoms with E-state index in [9.17, 15) is 4.79 Å². The average molecular weight is 401 g/mol. The van der Waals surface area contributed by atoms with Gasteiger partial charge in [-0.05, 0) is 6.07 Å². The Morgan fingerprint density at radius 3 is 2.55 bits per heavy atom. The molecule has 2 aliphatic heterocycles. The van der Waals surface area contributed by atoms with E-state index in [4.69, 9.17) is 4.74 Å². The molecule has 2 aromatic rings. The third kappa shape index (κ3) is 4.76. The molecular weight excluding hydrogens is 368 g/mol. The minimum atomic E-state index is -0.0555. The topological polar surface area (TPSA) is 68.4 Å². The zero-order valence-electron chi connectivity index (χ0n) is 17.8. The Balaban J connectivity index is 1.28. The number of rotatable bonds is 5. The highest BCUT2D eigenvalue weighted by Crippen LogP contribution is 2.18. The molecule has 0 aliphatic carbocycles. The normalized spacial score (nSPS) is 18.7. The first kappa shape index (κ1) is 20.3. The Bertz CT molecular complexity index is 889. The second-order valence-electron chi connectivity index (χ2n) is 9.02. The van der Waals surface area contributed by atoms with Crippen LogP contribution in [0.15, 0.2) is 23.1 Å². The highest BCUT2D eigenvalue weighted by Gasteiger charge is 2.21. The van der Waals surface area contributed by atoms with Crippen LogP contribution in [0.25, 0.3) is 0 Å². The van der Waals surface area contributed by atoms with E-state index in [1.807, 2.05) is 12.3 Å². The number of piperazine rings is 1. The molecule has 4 heterocycles. The van der Waals surface area contributed by atoms with Gasteiger partial charge < -0.3 is 9.30 Å². The summed E-state index contributed by atoms with van der Waals surface area (Å²) < 4.78 is 9.40. The number of hydrogen-bond donors (Lipinski definition) is 0. The standard InChI is InChI=1S/C21H32N6O2/c1-21(2,3)18-4-5-20(28)27(23-18)11-10-24-6-8-25(9-7-24)15-17-14-22-19-16-29-13-12-26(17)19/h4-5,14H,6-13,15-16H2,1-3H3. The largest absolute Gasteiger partial charge is 0.372 e. The molecule has 0 amide bonds. The SMILES string of the molecule is CC(C)(C)c1ccc(=O)n(CCN2CCN(Cc3cnc4n3CCOC4)CC2)n1. The van der Waals surface area contributed by atoms with Crippen molar-refractivity contribution in [1.82, 2.24) is 29.1 Å². The van der Waals surface area contributed by atoms with Gasteiger partial charge in [0.05, 0.1) is 24.5 Å². The summed E-state index contributed by atoms with van der Waals surface area (Å²) in [7, 11) is 0. The van der Waals surface area contributed by atoms with Gasteiger partial charge in [0.1, 0.15) is 12.4 Å².